The molecule has 0 N–H and O–H groups in total. The first-order valence-electron chi connectivity index (χ1n) is 6.48. The molecule has 1 fully saturated rings. The van der Waals surface area contributed by atoms with Crippen molar-refractivity contribution in [1.82, 2.24) is 20.1 Å². The highest BCUT2D eigenvalue weighted by atomic mass is 32.2. The summed E-state index contributed by atoms with van der Waals surface area (Å²) in [5, 5.41) is 8.26. The van der Waals surface area contributed by atoms with Crippen LogP contribution >= 0.6 is 11.8 Å². The molecule has 1 saturated heterocycles. The summed E-state index contributed by atoms with van der Waals surface area (Å²) in [5.41, 5.74) is 0.637. The summed E-state index contributed by atoms with van der Waals surface area (Å²) in [6.07, 6.45) is 3.87. The van der Waals surface area contributed by atoms with E-state index in [0.29, 0.717) is 22.6 Å². The molecular formula is C13H14N4O2S. The van der Waals surface area contributed by atoms with Crippen LogP contribution in [0.4, 0.5) is 0 Å². The minimum absolute atomic E-state index is 0.130. The van der Waals surface area contributed by atoms with Gasteiger partial charge in [0.1, 0.15) is 5.69 Å². The van der Waals surface area contributed by atoms with Crippen LogP contribution in [-0.2, 0) is 4.79 Å². The van der Waals surface area contributed by atoms with E-state index >= 15 is 0 Å². The summed E-state index contributed by atoms with van der Waals surface area (Å²) >= 11 is 1.27. The fraction of sp³-hybridized carbons (Fsp3) is 0.385. The van der Waals surface area contributed by atoms with Gasteiger partial charge in [-0.1, -0.05) is 17.8 Å². The first kappa shape index (κ1) is 13.1. The van der Waals surface area contributed by atoms with Crippen LogP contribution in [0, 0.1) is 0 Å². The number of hydrogen-bond donors (Lipinski definition) is 0. The van der Waals surface area contributed by atoms with Gasteiger partial charge in [-0.15, -0.1) is 10.2 Å². The van der Waals surface area contributed by atoms with Crippen molar-refractivity contribution in [3.05, 3.63) is 24.4 Å². The predicted octanol–water partition coefficient (Wildman–Crippen LogP) is 1.85. The molecule has 1 aliphatic heterocycles. The first-order valence-corrected chi connectivity index (χ1v) is 7.47. The Morgan fingerprint density at radius 3 is 2.90 bits per heavy atom. The molecule has 2 aromatic rings. The van der Waals surface area contributed by atoms with E-state index in [4.69, 9.17) is 4.42 Å². The van der Waals surface area contributed by atoms with Gasteiger partial charge in [-0.2, -0.15) is 0 Å². The molecule has 0 aromatic carbocycles. The molecule has 0 bridgehead atoms. The van der Waals surface area contributed by atoms with E-state index in [2.05, 4.69) is 15.2 Å². The van der Waals surface area contributed by atoms with Gasteiger partial charge < -0.3 is 9.32 Å². The molecule has 2 aromatic heterocycles. The number of likely N-dealkylation sites (tertiary alicyclic amines) is 1. The monoisotopic (exact) mass is 290 g/mol. The lowest BCUT2D eigenvalue weighted by Gasteiger charge is -2.13. The van der Waals surface area contributed by atoms with E-state index in [9.17, 15) is 4.79 Å². The predicted molar refractivity (Wildman–Crippen MR) is 74.1 cm³/mol. The van der Waals surface area contributed by atoms with E-state index in [1.54, 1.807) is 12.3 Å². The molecule has 0 radical (unpaired) electrons. The third kappa shape index (κ3) is 2.98. The summed E-state index contributed by atoms with van der Waals surface area (Å²) in [7, 11) is 0. The van der Waals surface area contributed by atoms with E-state index < -0.39 is 0 Å². The number of carbonyl (C=O) groups excluding carboxylic acids is 1. The quantitative estimate of drug-likeness (QED) is 0.800. The number of amides is 1. The maximum atomic E-state index is 11.9. The highest BCUT2D eigenvalue weighted by Gasteiger charge is 2.19. The Balaban J connectivity index is 1.59. The maximum Gasteiger partial charge on any atom is 0.277 e. The van der Waals surface area contributed by atoms with Crippen LogP contribution in [0.2, 0.25) is 0 Å². The number of pyridine rings is 1. The van der Waals surface area contributed by atoms with Gasteiger partial charge in [0.2, 0.25) is 5.91 Å². The van der Waals surface area contributed by atoms with E-state index in [-0.39, 0.29) is 5.91 Å². The van der Waals surface area contributed by atoms with Crippen LogP contribution in [0.15, 0.2) is 34.0 Å². The molecule has 3 rings (SSSR count). The van der Waals surface area contributed by atoms with Crippen LogP contribution in [0.3, 0.4) is 0 Å². The van der Waals surface area contributed by atoms with Gasteiger partial charge in [0, 0.05) is 19.3 Å². The molecule has 6 nitrogen and oxygen atoms in total. The van der Waals surface area contributed by atoms with E-state index in [1.807, 2.05) is 17.0 Å². The molecule has 3 heterocycles. The van der Waals surface area contributed by atoms with Gasteiger partial charge in [-0.05, 0) is 25.0 Å². The average Bonchev–Trinajstić information content (AvgIpc) is 3.17. The summed E-state index contributed by atoms with van der Waals surface area (Å²) in [4.78, 5) is 17.9. The number of carbonyl (C=O) groups is 1. The fourth-order valence-electron chi connectivity index (χ4n) is 2.04. The molecule has 1 aliphatic rings. The lowest BCUT2D eigenvalue weighted by Crippen LogP contribution is -2.29. The molecule has 0 aliphatic carbocycles. The first-order chi connectivity index (χ1) is 9.83. The lowest BCUT2D eigenvalue weighted by atomic mass is 10.3. The molecule has 7 heteroatoms. The summed E-state index contributed by atoms with van der Waals surface area (Å²) in [6, 6.07) is 5.48. The molecule has 1 amide bonds. The smallest absolute Gasteiger partial charge is 0.277 e. The topological polar surface area (TPSA) is 72.1 Å². The third-order valence-electron chi connectivity index (χ3n) is 3.07. The SMILES string of the molecule is O=C(CSc1nnc(-c2ccccn2)o1)N1CCCC1. The second-order valence-electron chi connectivity index (χ2n) is 4.46. The molecule has 20 heavy (non-hydrogen) atoms. The minimum atomic E-state index is 0.130. The molecule has 0 unspecified atom stereocenters. The van der Waals surface area contributed by atoms with Gasteiger partial charge in [0.05, 0.1) is 5.75 Å². The molecule has 0 saturated carbocycles. The van der Waals surface area contributed by atoms with Gasteiger partial charge in [-0.25, -0.2) is 0 Å². The van der Waals surface area contributed by atoms with Crippen molar-refractivity contribution in [3.8, 4) is 11.6 Å². The molecule has 0 atom stereocenters. The fourth-order valence-corrected chi connectivity index (χ4v) is 2.71. The number of rotatable bonds is 4. The van der Waals surface area contributed by atoms with Crippen LogP contribution in [-0.4, -0.2) is 44.8 Å². The Morgan fingerprint density at radius 1 is 1.30 bits per heavy atom. The van der Waals surface area contributed by atoms with Crippen molar-refractivity contribution in [2.24, 2.45) is 0 Å². The maximum absolute atomic E-state index is 11.9. The van der Waals surface area contributed by atoms with Crippen molar-refractivity contribution in [2.45, 2.75) is 18.1 Å². The Labute approximate surface area is 120 Å². The van der Waals surface area contributed by atoms with Crippen LogP contribution < -0.4 is 0 Å². The number of nitrogens with zero attached hydrogens (tertiary/aromatic N) is 4. The van der Waals surface area contributed by atoms with Gasteiger partial charge in [0.25, 0.3) is 11.1 Å². The Hall–Kier alpha value is -1.89. The van der Waals surface area contributed by atoms with Crippen molar-refractivity contribution >= 4 is 17.7 Å². The summed E-state index contributed by atoms with van der Waals surface area (Å²) in [5.74, 6) is 0.843. The van der Waals surface area contributed by atoms with Crippen LogP contribution in [0.5, 0.6) is 0 Å². The zero-order chi connectivity index (χ0) is 13.8. The molecule has 0 spiro atoms. The second kappa shape index (κ2) is 6.04. The molecule has 104 valence electrons. The zero-order valence-corrected chi connectivity index (χ0v) is 11.7. The van der Waals surface area contributed by atoms with Crippen molar-refractivity contribution in [3.63, 3.8) is 0 Å². The number of aromatic nitrogens is 3. The highest BCUT2D eigenvalue weighted by molar-refractivity contribution is 7.99. The number of hydrogen-bond acceptors (Lipinski definition) is 6. The zero-order valence-electron chi connectivity index (χ0n) is 10.9. The van der Waals surface area contributed by atoms with Gasteiger partial charge in [0.15, 0.2) is 0 Å². The van der Waals surface area contributed by atoms with Crippen LogP contribution in [0.1, 0.15) is 12.8 Å². The van der Waals surface area contributed by atoms with Crippen LogP contribution in [0.25, 0.3) is 11.6 Å². The third-order valence-corrected chi connectivity index (χ3v) is 3.87. The average molecular weight is 290 g/mol. The second-order valence-corrected chi connectivity index (χ2v) is 5.39. The Morgan fingerprint density at radius 2 is 2.15 bits per heavy atom. The summed E-state index contributed by atoms with van der Waals surface area (Å²) in [6.45, 7) is 1.73. The van der Waals surface area contributed by atoms with Gasteiger partial charge >= 0.3 is 0 Å². The van der Waals surface area contributed by atoms with Crippen molar-refractivity contribution in [2.75, 3.05) is 18.8 Å². The largest absolute Gasteiger partial charge is 0.410 e. The lowest BCUT2D eigenvalue weighted by molar-refractivity contribution is -0.127. The summed E-state index contributed by atoms with van der Waals surface area (Å²) < 4.78 is 5.49. The molecular weight excluding hydrogens is 276 g/mol. The van der Waals surface area contributed by atoms with Crippen molar-refractivity contribution < 1.29 is 9.21 Å². The van der Waals surface area contributed by atoms with Gasteiger partial charge in [-0.3, -0.25) is 9.78 Å². The van der Waals surface area contributed by atoms with E-state index in [1.165, 1.54) is 11.8 Å². The highest BCUT2D eigenvalue weighted by Crippen LogP contribution is 2.22. The van der Waals surface area contributed by atoms with E-state index in [0.717, 1.165) is 25.9 Å². The van der Waals surface area contributed by atoms with Crippen molar-refractivity contribution in [1.29, 1.82) is 0 Å². The Bertz CT molecular complexity index is 581. The minimum Gasteiger partial charge on any atom is -0.410 e. The number of thioether (sulfide) groups is 1. The normalized spacial score (nSPS) is 14.7. The standard InChI is InChI=1S/C13H14N4O2S/c18-11(17-7-3-4-8-17)9-20-13-16-15-12(19-13)10-5-1-2-6-14-10/h1-2,5-6H,3-4,7-9H2. The Kier molecular flexibility index (Phi) is 3.96.